The molecule has 0 radical (unpaired) electrons. The van der Waals surface area contributed by atoms with Crippen LogP contribution >= 0.6 is 23.1 Å². The number of anilines is 1. The molecule has 0 aliphatic carbocycles. The zero-order chi connectivity index (χ0) is 16.1. The van der Waals surface area contributed by atoms with E-state index in [4.69, 9.17) is 0 Å². The number of carbonyl (C=O) groups excluding carboxylic acids is 1. The largest absolute Gasteiger partial charge is 0.312 e. The number of hydrogen-bond acceptors (Lipinski definition) is 7. The lowest BCUT2D eigenvalue weighted by molar-refractivity contribution is 0.102. The monoisotopic (exact) mass is 346 g/mol. The van der Waals surface area contributed by atoms with E-state index >= 15 is 0 Å². The van der Waals surface area contributed by atoms with E-state index in [2.05, 4.69) is 32.7 Å². The summed E-state index contributed by atoms with van der Waals surface area (Å²) in [5.74, 6) is -0.151. The molecule has 1 amide bonds. The van der Waals surface area contributed by atoms with Crippen molar-refractivity contribution in [2.24, 2.45) is 0 Å². The summed E-state index contributed by atoms with van der Waals surface area (Å²) in [4.78, 5) is 16.4. The zero-order valence-electron chi connectivity index (χ0n) is 12.3. The number of carbonyl (C=O) groups is 1. The number of hydrogen-bond donors (Lipinski definition) is 1. The number of amides is 1. The molecule has 1 N–H and O–H groups in total. The van der Waals surface area contributed by atoms with Crippen LogP contribution in [0.1, 0.15) is 23.7 Å². The second kappa shape index (κ2) is 7.34. The molecule has 3 aromatic rings. The molecule has 0 spiro atoms. The maximum absolute atomic E-state index is 12.1. The lowest BCUT2D eigenvalue weighted by atomic mass is 10.2. The fourth-order valence-electron chi connectivity index (χ4n) is 1.84. The minimum atomic E-state index is -0.151. The van der Waals surface area contributed by atoms with Gasteiger partial charge in [-0.15, -0.1) is 5.10 Å². The first-order valence-corrected chi connectivity index (χ1v) is 8.66. The number of nitrogens with zero attached hydrogens (tertiary/aromatic N) is 5. The van der Waals surface area contributed by atoms with Crippen molar-refractivity contribution in [1.82, 2.24) is 25.2 Å². The smallest absolute Gasteiger partial charge is 0.256 e. The van der Waals surface area contributed by atoms with Gasteiger partial charge in [-0.05, 0) is 40.7 Å². The lowest BCUT2D eigenvalue weighted by Gasteiger charge is -2.01. The summed E-state index contributed by atoms with van der Waals surface area (Å²) in [6, 6.07) is 9.07. The molecule has 2 aromatic heterocycles. The van der Waals surface area contributed by atoms with Crippen LogP contribution in [0.3, 0.4) is 0 Å². The Morgan fingerprint density at radius 1 is 1.35 bits per heavy atom. The van der Waals surface area contributed by atoms with Gasteiger partial charge in [-0.25, -0.2) is 9.67 Å². The third-order valence-electron chi connectivity index (χ3n) is 2.87. The number of benzene rings is 1. The molecule has 0 atom stereocenters. The quantitative estimate of drug-likeness (QED) is 0.738. The molecule has 0 unspecified atom stereocenters. The Morgan fingerprint density at radius 2 is 2.17 bits per heavy atom. The van der Waals surface area contributed by atoms with Gasteiger partial charge >= 0.3 is 0 Å². The van der Waals surface area contributed by atoms with Crippen molar-refractivity contribution in [1.29, 1.82) is 0 Å². The summed E-state index contributed by atoms with van der Waals surface area (Å²) in [7, 11) is 0. The Labute approximate surface area is 141 Å². The number of rotatable bonds is 6. The predicted octanol–water partition coefficient (Wildman–Crippen LogP) is 2.94. The van der Waals surface area contributed by atoms with Gasteiger partial charge < -0.3 is 5.32 Å². The van der Waals surface area contributed by atoms with Crippen molar-refractivity contribution < 1.29 is 4.79 Å². The maximum Gasteiger partial charge on any atom is 0.256 e. The molecule has 3 rings (SSSR count). The molecule has 2 heterocycles. The van der Waals surface area contributed by atoms with Gasteiger partial charge in [-0.2, -0.15) is 0 Å². The Balaban J connectivity index is 1.66. The first kappa shape index (κ1) is 15.6. The molecular weight excluding hydrogens is 332 g/mol. The van der Waals surface area contributed by atoms with Gasteiger partial charge in [-0.3, -0.25) is 4.79 Å². The fourth-order valence-corrected chi connectivity index (χ4v) is 3.61. The van der Waals surface area contributed by atoms with E-state index in [9.17, 15) is 4.79 Å². The van der Waals surface area contributed by atoms with Crippen LogP contribution in [0.4, 0.5) is 5.00 Å². The van der Waals surface area contributed by atoms with Gasteiger partial charge in [0, 0.05) is 12.1 Å². The topological polar surface area (TPSA) is 85.6 Å². The molecule has 23 heavy (non-hydrogen) atoms. The fraction of sp³-hybridized carbons (Fsp3) is 0.214. The maximum atomic E-state index is 12.1. The second-order valence-corrected chi connectivity index (χ2v) is 6.84. The lowest BCUT2D eigenvalue weighted by Crippen LogP contribution is -2.10. The highest BCUT2D eigenvalue weighted by molar-refractivity contribution is 8.00. The molecular formula is C14H14N6OS2. The molecule has 0 bridgehead atoms. The van der Waals surface area contributed by atoms with Gasteiger partial charge in [0.25, 0.3) is 5.91 Å². The van der Waals surface area contributed by atoms with Crippen molar-refractivity contribution in [3.63, 3.8) is 0 Å². The molecule has 118 valence electrons. The van der Waals surface area contributed by atoms with Crippen LogP contribution in [0.5, 0.6) is 0 Å². The van der Waals surface area contributed by atoms with Crippen LogP contribution in [0.25, 0.3) is 0 Å². The normalized spacial score (nSPS) is 10.7. The molecule has 0 saturated carbocycles. The first-order chi connectivity index (χ1) is 11.3. The average Bonchev–Trinajstić information content (AvgIpc) is 3.19. The highest BCUT2D eigenvalue weighted by Crippen LogP contribution is 2.32. The van der Waals surface area contributed by atoms with Crippen molar-refractivity contribution in [3.05, 3.63) is 42.1 Å². The minimum absolute atomic E-state index is 0.151. The number of aryl methyl sites for hydroxylation is 1. The zero-order valence-corrected chi connectivity index (χ0v) is 14.0. The van der Waals surface area contributed by atoms with Crippen LogP contribution in [0.15, 0.2) is 46.0 Å². The standard InChI is InChI=1S/C14H14N6OS2/c1-2-8-20-13(17-18-19-20)23-14-15-9-11(22-14)16-12(21)10-6-4-3-5-7-10/h3-7,9H,2,8H2,1H3,(H,16,21). The van der Waals surface area contributed by atoms with E-state index in [-0.39, 0.29) is 5.91 Å². The van der Waals surface area contributed by atoms with Crippen LogP contribution in [0, 0.1) is 0 Å². The van der Waals surface area contributed by atoms with Gasteiger partial charge in [0.15, 0.2) is 4.34 Å². The third kappa shape index (κ3) is 3.93. The van der Waals surface area contributed by atoms with Gasteiger partial charge in [0.1, 0.15) is 5.00 Å². The molecule has 0 saturated heterocycles. The van der Waals surface area contributed by atoms with E-state index in [1.807, 2.05) is 18.2 Å². The van der Waals surface area contributed by atoms with E-state index in [0.717, 1.165) is 17.3 Å². The van der Waals surface area contributed by atoms with E-state index in [1.54, 1.807) is 23.0 Å². The van der Waals surface area contributed by atoms with Crippen molar-refractivity contribution in [3.8, 4) is 0 Å². The highest BCUT2D eigenvalue weighted by Gasteiger charge is 2.12. The van der Waals surface area contributed by atoms with E-state index in [0.29, 0.717) is 15.7 Å². The summed E-state index contributed by atoms with van der Waals surface area (Å²) in [5.41, 5.74) is 0.613. The summed E-state index contributed by atoms with van der Waals surface area (Å²) in [6.07, 6.45) is 2.59. The highest BCUT2D eigenvalue weighted by atomic mass is 32.2. The van der Waals surface area contributed by atoms with Gasteiger partial charge in [0.2, 0.25) is 5.16 Å². The predicted molar refractivity (Wildman–Crippen MR) is 88.7 cm³/mol. The summed E-state index contributed by atoms with van der Waals surface area (Å²) >= 11 is 2.78. The third-order valence-corrected chi connectivity index (χ3v) is 4.83. The second-order valence-electron chi connectivity index (χ2n) is 4.60. The molecule has 1 aromatic carbocycles. The van der Waals surface area contributed by atoms with Crippen molar-refractivity contribution >= 4 is 34.0 Å². The number of thiazole rings is 1. The van der Waals surface area contributed by atoms with Crippen LogP contribution in [-0.2, 0) is 6.54 Å². The van der Waals surface area contributed by atoms with E-state index < -0.39 is 0 Å². The summed E-state index contributed by atoms with van der Waals surface area (Å²) in [6.45, 7) is 2.83. The Bertz CT molecular complexity index is 785. The number of aromatic nitrogens is 5. The van der Waals surface area contributed by atoms with Gasteiger partial charge in [-0.1, -0.05) is 36.5 Å². The molecule has 7 nitrogen and oxygen atoms in total. The summed E-state index contributed by atoms with van der Waals surface area (Å²) in [5, 5.41) is 15.8. The molecule has 9 heteroatoms. The Kier molecular flexibility index (Phi) is 4.99. The number of nitrogens with one attached hydrogen (secondary N) is 1. The minimum Gasteiger partial charge on any atom is -0.312 e. The Hall–Kier alpha value is -2.26. The Morgan fingerprint density at radius 3 is 2.96 bits per heavy atom. The molecule has 0 fully saturated rings. The first-order valence-electron chi connectivity index (χ1n) is 7.02. The molecule has 0 aliphatic rings. The van der Waals surface area contributed by atoms with Crippen molar-refractivity contribution in [2.45, 2.75) is 29.4 Å². The van der Waals surface area contributed by atoms with Crippen LogP contribution < -0.4 is 5.32 Å². The SMILES string of the molecule is CCCn1nnnc1Sc1ncc(NC(=O)c2ccccc2)s1. The average molecular weight is 346 g/mol. The molecule has 0 aliphatic heterocycles. The summed E-state index contributed by atoms with van der Waals surface area (Å²) < 4.78 is 2.52. The van der Waals surface area contributed by atoms with Crippen LogP contribution in [-0.4, -0.2) is 31.1 Å². The van der Waals surface area contributed by atoms with Crippen molar-refractivity contribution in [2.75, 3.05) is 5.32 Å². The van der Waals surface area contributed by atoms with Gasteiger partial charge in [0.05, 0.1) is 6.20 Å². The van der Waals surface area contributed by atoms with Crippen LogP contribution in [0.2, 0.25) is 0 Å². The number of tetrazole rings is 1. The van der Waals surface area contributed by atoms with E-state index in [1.165, 1.54) is 23.1 Å².